The van der Waals surface area contributed by atoms with Crippen LogP contribution in [0.4, 0.5) is 0 Å². The van der Waals surface area contributed by atoms with Crippen molar-refractivity contribution in [3.05, 3.63) is 22.7 Å². The molecular formula is C14H18N4O3S. The molecular weight excluding hydrogens is 304 g/mol. The van der Waals surface area contributed by atoms with Crippen molar-refractivity contribution >= 4 is 23.2 Å². The van der Waals surface area contributed by atoms with Gasteiger partial charge >= 0.3 is 0 Å². The van der Waals surface area contributed by atoms with E-state index in [1.54, 1.807) is 11.3 Å². The Morgan fingerprint density at radius 3 is 2.77 bits per heavy atom. The van der Waals surface area contributed by atoms with Crippen molar-refractivity contribution in [2.45, 2.75) is 33.4 Å². The summed E-state index contributed by atoms with van der Waals surface area (Å²) < 4.78 is 5.10. The van der Waals surface area contributed by atoms with E-state index in [2.05, 4.69) is 20.8 Å². The molecule has 2 N–H and O–H groups in total. The number of hydrogen-bond donors (Lipinski definition) is 2. The first kappa shape index (κ1) is 16.2. The average molecular weight is 322 g/mol. The number of carbonyl (C=O) groups excluding carboxylic acids is 2. The van der Waals surface area contributed by atoms with Gasteiger partial charge < -0.3 is 15.2 Å². The van der Waals surface area contributed by atoms with Crippen LogP contribution in [0.1, 0.15) is 26.7 Å². The highest BCUT2D eigenvalue weighted by Gasteiger charge is 2.23. The first-order valence-corrected chi connectivity index (χ1v) is 7.81. The van der Waals surface area contributed by atoms with E-state index >= 15 is 0 Å². The van der Waals surface area contributed by atoms with Gasteiger partial charge in [-0.3, -0.25) is 9.59 Å². The maximum Gasteiger partial charge on any atom is 0.246 e. The van der Waals surface area contributed by atoms with Gasteiger partial charge in [0.1, 0.15) is 6.04 Å². The van der Waals surface area contributed by atoms with Crippen molar-refractivity contribution < 1.29 is 14.1 Å². The van der Waals surface area contributed by atoms with Crippen LogP contribution in [0.3, 0.4) is 0 Å². The summed E-state index contributed by atoms with van der Waals surface area (Å²) in [5.74, 6) is 0.271. The van der Waals surface area contributed by atoms with Crippen molar-refractivity contribution in [2.75, 3.05) is 0 Å². The van der Waals surface area contributed by atoms with Crippen molar-refractivity contribution in [1.29, 1.82) is 0 Å². The molecule has 118 valence electrons. The number of thiophene rings is 1. The van der Waals surface area contributed by atoms with Crippen molar-refractivity contribution in [1.82, 2.24) is 20.8 Å². The van der Waals surface area contributed by atoms with Crippen LogP contribution in [0.5, 0.6) is 0 Å². The fourth-order valence-corrected chi connectivity index (χ4v) is 2.50. The first-order chi connectivity index (χ1) is 10.5. The molecule has 0 aliphatic heterocycles. The third-order valence-corrected chi connectivity index (χ3v) is 3.65. The zero-order valence-corrected chi connectivity index (χ0v) is 13.4. The molecule has 0 unspecified atom stereocenters. The lowest BCUT2D eigenvalue weighted by Crippen LogP contribution is -2.48. The Balaban J connectivity index is 1.94. The molecule has 0 bridgehead atoms. The van der Waals surface area contributed by atoms with Gasteiger partial charge in [0.2, 0.25) is 23.5 Å². The van der Waals surface area contributed by atoms with Gasteiger partial charge in [0.25, 0.3) is 0 Å². The van der Waals surface area contributed by atoms with Gasteiger partial charge in [-0.05, 0) is 17.4 Å². The molecule has 2 aromatic heterocycles. The summed E-state index contributed by atoms with van der Waals surface area (Å²) >= 11 is 1.54. The summed E-state index contributed by atoms with van der Waals surface area (Å²) in [6.07, 6.45) is 0. The minimum atomic E-state index is -0.586. The number of amides is 2. The van der Waals surface area contributed by atoms with Crippen LogP contribution in [-0.2, 0) is 16.1 Å². The largest absolute Gasteiger partial charge is 0.345 e. The fraction of sp³-hybridized carbons (Fsp3) is 0.429. The smallest absolute Gasteiger partial charge is 0.246 e. The first-order valence-electron chi connectivity index (χ1n) is 6.87. The van der Waals surface area contributed by atoms with Crippen LogP contribution in [0.15, 0.2) is 21.3 Å². The third-order valence-electron chi connectivity index (χ3n) is 2.97. The number of carbonyl (C=O) groups is 2. The van der Waals surface area contributed by atoms with Gasteiger partial charge in [0.15, 0.2) is 0 Å². The molecule has 22 heavy (non-hydrogen) atoms. The van der Waals surface area contributed by atoms with E-state index in [1.165, 1.54) is 6.92 Å². The Labute approximate surface area is 132 Å². The van der Waals surface area contributed by atoms with E-state index < -0.39 is 6.04 Å². The summed E-state index contributed by atoms with van der Waals surface area (Å²) in [7, 11) is 0. The Morgan fingerprint density at radius 1 is 1.41 bits per heavy atom. The molecule has 8 heteroatoms. The minimum absolute atomic E-state index is 0.0204. The molecule has 0 radical (unpaired) electrons. The minimum Gasteiger partial charge on any atom is -0.345 e. The number of nitrogens with one attached hydrogen (secondary N) is 2. The molecule has 0 saturated heterocycles. The normalized spacial score (nSPS) is 12.2. The van der Waals surface area contributed by atoms with Crippen LogP contribution in [0, 0.1) is 5.92 Å². The summed E-state index contributed by atoms with van der Waals surface area (Å²) in [5.41, 5.74) is 0.879. The predicted molar refractivity (Wildman–Crippen MR) is 81.9 cm³/mol. The number of hydrogen-bond acceptors (Lipinski definition) is 6. The highest BCUT2D eigenvalue weighted by atomic mass is 32.1. The van der Waals surface area contributed by atoms with Gasteiger partial charge in [-0.15, -0.1) is 0 Å². The van der Waals surface area contributed by atoms with Gasteiger partial charge in [-0.2, -0.15) is 16.3 Å². The monoisotopic (exact) mass is 322 g/mol. The number of rotatable bonds is 6. The van der Waals surface area contributed by atoms with Crippen LogP contribution >= 0.6 is 11.3 Å². The third kappa shape index (κ3) is 4.14. The van der Waals surface area contributed by atoms with Crippen LogP contribution < -0.4 is 10.6 Å². The standard InChI is InChI=1S/C14H18N4O3S/c1-8(2)12(16-9(3)19)14(20)15-6-11-17-13(18-21-11)10-4-5-22-7-10/h4-5,7-8,12H,6H2,1-3H3,(H,15,20)(H,16,19)/t12-/m0/s1. The molecule has 0 aliphatic rings. The molecule has 2 amide bonds. The summed E-state index contributed by atoms with van der Waals surface area (Å²) in [6, 6.07) is 1.31. The SMILES string of the molecule is CC(=O)N[C@H](C(=O)NCc1nc(-c2ccsc2)no1)C(C)C. The molecule has 0 spiro atoms. The highest BCUT2D eigenvalue weighted by molar-refractivity contribution is 7.08. The molecule has 0 fully saturated rings. The number of nitrogens with zero attached hydrogens (tertiary/aromatic N) is 2. The van der Waals surface area contributed by atoms with Gasteiger partial charge in [0.05, 0.1) is 6.54 Å². The zero-order chi connectivity index (χ0) is 16.1. The van der Waals surface area contributed by atoms with Gasteiger partial charge in [-0.25, -0.2) is 0 Å². The second-order valence-corrected chi connectivity index (χ2v) is 5.94. The molecule has 1 atom stereocenters. The van der Waals surface area contributed by atoms with E-state index in [-0.39, 0.29) is 24.3 Å². The predicted octanol–water partition coefficient (Wildman–Crippen LogP) is 1.57. The van der Waals surface area contributed by atoms with E-state index in [0.717, 1.165) is 5.56 Å². The van der Waals surface area contributed by atoms with E-state index in [1.807, 2.05) is 30.7 Å². The molecule has 0 aliphatic carbocycles. The quantitative estimate of drug-likeness (QED) is 0.841. The summed E-state index contributed by atoms with van der Waals surface area (Å²) in [5, 5.41) is 13.0. The van der Waals surface area contributed by atoms with E-state index in [0.29, 0.717) is 11.7 Å². The molecule has 2 aromatic rings. The molecule has 0 aromatic carbocycles. The second kappa shape index (κ2) is 7.17. The van der Waals surface area contributed by atoms with E-state index in [4.69, 9.17) is 4.52 Å². The molecule has 2 heterocycles. The second-order valence-electron chi connectivity index (χ2n) is 5.16. The lowest BCUT2D eigenvalue weighted by atomic mass is 10.0. The zero-order valence-electron chi connectivity index (χ0n) is 12.6. The van der Waals surface area contributed by atoms with Crippen molar-refractivity contribution in [3.63, 3.8) is 0 Å². The maximum absolute atomic E-state index is 12.1. The van der Waals surface area contributed by atoms with Crippen molar-refractivity contribution in [3.8, 4) is 11.4 Å². The lowest BCUT2D eigenvalue weighted by Gasteiger charge is -2.20. The van der Waals surface area contributed by atoms with E-state index in [9.17, 15) is 9.59 Å². The van der Waals surface area contributed by atoms with Crippen LogP contribution in [0.2, 0.25) is 0 Å². The summed E-state index contributed by atoms with van der Waals surface area (Å²) in [6.45, 7) is 5.23. The fourth-order valence-electron chi connectivity index (χ4n) is 1.86. The Bertz CT molecular complexity index is 636. The molecule has 0 saturated carbocycles. The molecule has 2 rings (SSSR count). The Kier molecular flexibility index (Phi) is 5.26. The van der Waals surface area contributed by atoms with Crippen LogP contribution in [-0.4, -0.2) is 28.0 Å². The topological polar surface area (TPSA) is 97.1 Å². The molecule has 7 nitrogen and oxygen atoms in total. The lowest BCUT2D eigenvalue weighted by molar-refractivity contribution is -0.129. The van der Waals surface area contributed by atoms with Crippen LogP contribution in [0.25, 0.3) is 11.4 Å². The number of aromatic nitrogens is 2. The van der Waals surface area contributed by atoms with Gasteiger partial charge in [-0.1, -0.05) is 19.0 Å². The van der Waals surface area contributed by atoms with Crippen molar-refractivity contribution in [2.24, 2.45) is 5.92 Å². The highest BCUT2D eigenvalue weighted by Crippen LogP contribution is 2.18. The Hall–Kier alpha value is -2.22. The van der Waals surface area contributed by atoms with Gasteiger partial charge in [0, 0.05) is 17.9 Å². The average Bonchev–Trinajstić information content (AvgIpc) is 3.11. The Morgan fingerprint density at radius 2 is 2.18 bits per heavy atom. The summed E-state index contributed by atoms with van der Waals surface area (Å²) in [4.78, 5) is 27.5. The maximum atomic E-state index is 12.1.